The van der Waals surface area contributed by atoms with Gasteiger partial charge in [-0.15, -0.1) is 0 Å². The number of hydrogen-bond donors (Lipinski definition) is 1. The molecular formula is C25H23N7O. The van der Waals surface area contributed by atoms with E-state index in [1.807, 2.05) is 24.7 Å². The molecule has 8 nitrogen and oxygen atoms in total. The van der Waals surface area contributed by atoms with E-state index in [4.69, 9.17) is 4.74 Å². The van der Waals surface area contributed by atoms with Crippen molar-refractivity contribution in [1.82, 2.24) is 29.9 Å². The Kier molecular flexibility index (Phi) is 4.75. The number of fused-ring (bicyclic) bond motifs is 2. The van der Waals surface area contributed by atoms with Crippen LogP contribution in [0.3, 0.4) is 0 Å². The fourth-order valence-corrected chi connectivity index (χ4v) is 4.38. The Balaban J connectivity index is 1.23. The Morgan fingerprint density at radius 2 is 1.88 bits per heavy atom. The number of anilines is 2. The normalized spacial score (nSPS) is 15.2. The number of imidazole rings is 1. The number of aromatic amines is 1. The highest BCUT2D eigenvalue weighted by Gasteiger charge is 2.23. The number of aromatic nitrogens is 6. The van der Waals surface area contributed by atoms with Gasteiger partial charge in [-0.1, -0.05) is 24.3 Å². The molecule has 8 heteroatoms. The van der Waals surface area contributed by atoms with Gasteiger partial charge < -0.3 is 14.2 Å². The van der Waals surface area contributed by atoms with Gasteiger partial charge >= 0.3 is 0 Å². The van der Waals surface area contributed by atoms with Crippen molar-refractivity contribution >= 4 is 22.4 Å². The Hall–Kier alpha value is -4.20. The zero-order valence-corrected chi connectivity index (χ0v) is 18.2. The number of pyridine rings is 1. The molecule has 1 aliphatic rings. The van der Waals surface area contributed by atoms with Crippen LogP contribution < -0.4 is 9.64 Å². The SMILES string of the molecule is CN(c1ccccc1)c1ccc2c(c1)OCCC2Cn1cnc(-c2cc3n[nH]nc3cn2)c1. The van der Waals surface area contributed by atoms with Crippen molar-refractivity contribution in [2.75, 3.05) is 18.6 Å². The van der Waals surface area contributed by atoms with E-state index in [2.05, 4.69) is 84.4 Å². The second-order valence-corrected chi connectivity index (χ2v) is 8.29. The molecule has 6 rings (SSSR count). The van der Waals surface area contributed by atoms with Crippen LogP contribution in [0.15, 0.2) is 73.3 Å². The second-order valence-electron chi connectivity index (χ2n) is 8.29. The van der Waals surface area contributed by atoms with Gasteiger partial charge in [0.25, 0.3) is 0 Å². The summed E-state index contributed by atoms with van der Waals surface area (Å²) in [6, 6.07) is 18.8. The maximum atomic E-state index is 6.05. The number of ether oxygens (including phenoxy) is 1. The number of rotatable bonds is 5. The summed E-state index contributed by atoms with van der Waals surface area (Å²) >= 11 is 0. The molecule has 0 spiro atoms. The van der Waals surface area contributed by atoms with Crippen LogP contribution >= 0.6 is 0 Å². The summed E-state index contributed by atoms with van der Waals surface area (Å²) in [4.78, 5) is 11.2. The Bertz CT molecular complexity index is 1410. The van der Waals surface area contributed by atoms with Crippen LogP contribution in [0.5, 0.6) is 5.75 Å². The number of H-pyrrole nitrogens is 1. The maximum Gasteiger partial charge on any atom is 0.131 e. The van der Waals surface area contributed by atoms with Crippen molar-refractivity contribution in [3.8, 4) is 17.1 Å². The molecular weight excluding hydrogens is 414 g/mol. The van der Waals surface area contributed by atoms with Gasteiger partial charge in [0, 0.05) is 43.1 Å². The largest absolute Gasteiger partial charge is 0.493 e. The van der Waals surface area contributed by atoms with Gasteiger partial charge in [-0.2, -0.15) is 15.4 Å². The first kappa shape index (κ1) is 19.5. The molecule has 0 fully saturated rings. The summed E-state index contributed by atoms with van der Waals surface area (Å²) in [6.07, 6.45) is 6.60. The van der Waals surface area contributed by atoms with Crippen LogP contribution in [0.4, 0.5) is 11.4 Å². The predicted octanol–water partition coefficient (Wildman–Crippen LogP) is 4.55. The van der Waals surface area contributed by atoms with Gasteiger partial charge in [0.1, 0.15) is 22.5 Å². The molecule has 164 valence electrons. The molecule has 0 aliphatic carbocycles. The van der Waals surface area contributed by atoms with Crippen molar-refractivity contribution in [3.05, 3.63) is 78.9 Å². The first-order chi connectivity index (χ1) is 16.2. The van der Waals surface area contributed by atoms with Crippen LogP contribution in [0.25, 0.3) is 22.4 Å². The van der Waals surface area contributed by atoms with Crippen LogP contribution in [-0.4, -0.2) is 43.6 Å². The highest BCUT2D eigenvalue weighted by Crippen LogP contribution is 2.38. The molecule has 0 bridgehead atoms. The van der Waals surface area contributed by atoms with Gasteiger partial charge in [0.15, 0.2) is 0 Å². The van der Waals surface area contributed by atoms with Gasteiger partial charge in [0.05, 0.1) is 24.8 Å². The fourth-order valence-electron chi connectivity index (χ4n) is 4.38. The zero-order valence-electron chi connectivity index (χ0n) is 18.2. The van der Waals surface area contributed by atoms with E-state index < -0.39 is 0 Å². The van der Waals surface area contributed by atoms with E-state index in [9.17, 15) is 0 Å². The molecule has 0 saturated carbocycles. The second kappa shape index (κ2) is 8.05. The van der Waals surface area contributed by atoms with E-state index in [0.717, 1.165) is 52.5 Å². The summed E-state index contributed by atoms with van der Waals surface area (Å²) in [5.74, 6) is 1.32. The molecule has 0 saturated heterocycles. The van der Waals surface area contributed by atoms with E-state index in [1.165, 1.54) is 5.56 Å². The number of nitrogens with one attached hydrogen (secondary N) is 1. The monoisotopic (exact) mass is 437 g/mol. The van der Waals surface area contributed by atoms with Crippen molar-refractivity contribution in [1.29, 1.82) is 0 Å². The average molecular weight is 438 g/mol. The minimum Gasteiger partial charge on any atom is -0.493 e. The zero-order chi connectivity index (χ0) is 22.2. The van der Waals surface area contributed by atoms with E-state index in [1.54, 1.807) is 6.20 Å². The summed E-state index contributed by atoms with van der Waals surface area (Å²) in [7, 11) is 2.08. The summed E-state index contributed by atoms with van der Waals surface area (Å²) in [5.41, 5.74) is 6.64. The Morgan fingerprint density at radius 1 is 1.00 bits per heavy atom. The fraction of sp³-hybridized carbons (Fsp3) is 0.200. The first-order valence-corrected chi connectivity index (χ1v) is 11.0. The first-order valence-electron chi connectivity index (χ1n) is 11.0. The van der Waals surface area contributed by atoms with Crippen molar-refractivity contribution in [3.63, 3.8) is 0 Å². The molecule has 5 aromatic rings. The molecule has 0 radical (unpaired) electrons. The van der Waals surface area contributed by atoms with Crippen molar-refractivity contribution in [2.45, 2.75) is 18.9 Å². The third-order valence-electron chi connectivity index (χ3n) is 6.22. The third kappa shape index (κ3) is 3.69. The molecule has 3 aromatic heterocycles. The Morgan fingerprint density at radius 3 is 2.79 bits per heavy atom. The smallest absolute Gasteiger partial charge is 0.131 e. The molecule has 2 aromatic carbocycles. The molecule has 0 amide bonds. The van der Waals surface area contributed by atoms with E-state index >= 15 is 0 Å². The standard InChI is InChI=1S/C25H23N7O/c1-31(18-5-3-2-4-6-18)19-7-8-20-17(9-10-33-25(20)11-19)14-32-15-24(27-16-32)21-12-22-23(13-26-21)29-30-28-22/h2-8,11-13,15-17H,9-10,14H2,1H3,(H,28,29,30). The molecule has 1 unspecified atom stereocenters. The summed E-state index contributed by atoms with van der Waals surface area (Å²) in [6.45, 7) is 1.55. The lowest BCUT2D eigenvalue weighted by atomic mass is 9.92. The Labute approximate surface area is 190 Å². The van der Waals surface area contributed by atoms with Gasteiger partial charge in [-0.05, 0) is 36.2 Å². The third-order valence-corrected chi connectivity index (χ3v) is 6.22. The molecule has 4 heterocycles. The number of hydrogen-bond acceptors (Lipinski definition) is 6. The van der Waals surface area contributed by atoms with Gasteiger partial charge in [-0.25, -0.2) is 4.98 Å². The lowest BCUT2D eigenvalue weighted by Gasteiger charge is -2.28. The van der Waals surface area contributed by atoms with E-state index in [-0.39, 0.29) is 0 Å². The molecule has 33 heavy (non-hydrogen) atoms. The minimum absolute atomic E-state index is 0.359. The highest BCUT2D eigenvalue weighted by molar-refractivity contribution is 5.76. The predicted molar refractivity (Wildman–Crippen MR) is 127 cm³/mol. The molecule has 1 atom stereocenters. The lowest BCUT2D eigenvalue weighted by Crippen LogP contribution is -2.19. The van der Waals surface area contributed by atoms with Gasteiger partial charge in [0.2, 0.25) is 0 Å². The van der Waals surface area contributed by atoms with Crippen LogP contribution in [0.1, 0.15) is 17.9 Å². The maximum absolute atomic E-state index is 6.05. The van der Waals surface area contributed by atoms with Crippen LogP contribution in [-0.2, 0) is 6.54 Å². The number of para-hydroxylation sites is 1. The minimum atomic E-state index is 0.359. The topological polar surface area (TPSA) is 84.8 Å². The number of nitrogens with zero attached hydrogens (tertiary/aromatic N) is 6. The van der Waals surface area contributed by atoms with Crippen molar-refractivity contribution in [2.24, 2.45) is 0 Å². The highest BCUT2D eigenvalue weighted by atomic mass is 16.5. The summed E-state index contributed by atoms with van der Waals surface area (Å²) < 4.78 is 8.18. The molecule has 1 aliphatic heterocycles. The van der Waals surface area contributed by atoms with Crippen molar-refractivity contribution < 1.29 is 4.74 Å². The lowest BCUT2D eigenvalue weighted by molar-refractivity contribution is 0.259. The summed E-state index contributed by atoms with van der Waals surface area (Å²) in [5, 5.41) is 10.8. The average Bonchev–Trinajstić information content (AvgIpc) is 3.53. The van der Waals surface area contributed by atoms with Crippen LogP contribution in [0.2, 0.25) is 0 Å². The quantitative estimate of drug-likeness (QED) is 0.434. The van der Waals surface area contributed by atoms with E-state index in [0.29, 0.717) is 12.5 Å². The van der Waals surface area contributed by atoms with Crippen LogP contribution in [0, 0.1) is 0 Å². The molecule has 1 N–H and O–H groups in total. The number of benzene rings is 2. The van der Waals surface area contributed by atoms with Gasteiger partial charge in [-0.3, -0.25) is 4.98 Å².